The van der Waals surface area contributed by atoms with Gasteiger partial charge in [0, 0.05) is 0 Å². The first-order valence-electron chi connectivity index (χ1n) is 0.548. The molecule has 0 saturated carbocycles. The van der Waals surface area contributed by atoms with E-state index in [1.54, 1.807) is 0 Å². The minimum atomic E-state index is -1.75. The van der Waals surface area contributed by atoms with Gasteiger partial charge < -0.3 is 27.7 Å². The summed E-state index contributed by atoms with van der Waals surface area (Å²) in [5.41, 5.74) is 0. The van der Waals surface area contributed by atoms with Gasteiger partial charge in [-0.25, -0.2) is 0 Å². The van der Waals surface area contributed by atoms with Gasteiger partial charge in [0.15, 0.2) is 0 Å². The monoisotopic (exact) mass is 175 g/mol. The molecule has 0 aromatic rings. The van der Waals surface area contributed by atoms with Crippen LogP contribution in [0, 0.1) is 15.3 Å². The van der Waals surface area contributed by atoms with E-state index in [1.807, 2.05) is 0 Å². The van der Waals surface area contributed by atoms with Crippen molar-refractivity contribution in [1.29, 1.82) is 0 Å². The summed E-state index contributed by atoms with van der Waals surface area (Å²) in [7, 11) is 0. The van der Waals surface area contributed by atoms with E-state index in [2.05, 4.69) is 0 Å². The van der Waals surface area contributed by atoms with Crippen LogP contribution in [0.1, 0.15) is 0 Å². The zero-order valence-electron chi connectivity index (χ0n) is 4.05. The third-order valence-electron chi connectivity index (χ3n) is 0. The summed E-state index contributed by atoms with van der Waals surface area (Å²) < 4.78 is 0. The minimum absolute atomic E-state index is 0. The van der Waals surface area contributed by atoms with Crippen LogP contribution in [0.4, 0.5) is 0 Å². The van der Waals surface area contributed by atoms with Crippen molar-refractivity contribution in [2.24, 2.45) is 0 Å². The van der Waals surface area contributed by atoms with E-state index in [1.165, 1.54) is 0 Å². The van der Waals surface area contributed by atoms with Crippen molar-refractivity contribution in [3.63, 3.8) is 0 Å². The average Bonchev–Trinajstić information content (AvgIpc) is 0.811. The molecule has 0 N–H and O–H groups in total. The summed E-state index contributed by atoms with van der Waals surface area (Å²) in [4.78, 5) is 8.25. The Bertz CT molecular complexity index is 35.9. The normalized spacial score (nSPS) is 3.43. The van der Waals surface area contributed by atoms with E-state index in [9.17, 15) is 0 Å². The maximum Gasteiger partial charge on any atom is 1.00 e. The van der Waals surface area contributed by atoms with Gasteiger partial charge in [0.25, 0.3) is 0 Å². The van der Waals surface area contributed by atoms with Crippen LogP contribution in [0.2, 0.25) is 0 Å². The second kappa shape index (κ2) is 15.9. The fourth-order valence-electron chi connectivity index (χ4n) is 0. The third-order valence-corrected chi connectivity index (χ3v) is 0. The molecule has 0 atom stereocenters. The Morgan fingerprint density at radius 1 is 1.14 bits per heavy atom. The van der Waals surface area contributed by atoms with Gasteiger partial charge in [0.1, 0.15) is 0 Å². The molecule has 7 heteroatoms. The Morgan fingerprint density at radius 3 is 1.14 bits per heavy atom. The first kappa shape index (κ1) is 22.6. The second-order valence-electron chi connectivity index (χ2n) is 0.224. The summed E-state index contributed by atoms with van der Waals surface area (Å²) in [6.45, 7) is 0. The Kier molecular flexibility index (Phi) is 51.3. The number of halogens is 1. The van der Waals surface area contributed by atoms with Crippen molar-refractivity contribution in [2.75, 3.05) is 0 Å². The molecule has 0 amide bonds. The van der Waals surface area contributed by atoms with Crippen molar-refractivity contribution in [3.8, 4) is 0 Å². The van der Waals surface area contributed by atoms with Gasteiger partial charge in [0.05, 0.1) is 5.09 Å². The molecule has 0 heterocycles. The van der Waals surface area contributed by atoms with E-state index >= 15 is 0 Å². The molecule has 0 aliphatic heterocycles. The average molecular weight is 176 g/mol. The molecule has 0 radical (unpaired) electrons. The maximum absolute atomic E-state index is 8.25. The smallest absolute Gasteiger partial charge is 1.00 e. The molecular weight excluding hydrogens is 176 g/mol. The molecule has 0 spiro atoms. The Labute approximate surface area is 132 Å². The summed E-state index contributed by atoms with van der Waals surface area (Å²) in [5, 5.41) is 14.8. The van der Waals surface area contributed by atoms with Crippen molar-refractivity contribution in [2.45, 2.75) is 0 Å². The Balaban J connectivity index is -0.0000000150. The number of hydrogen-bond acceptors (Lipinski definition) is 3. The van der Waals surface area contributed by atoms with Crippen LogP contribution in [0.15, 0.2) is 0 Å². The number of rotatable bonds is 0. The molecule has 0 saturated heterocycles. The second-order valence-corrected chi connectivity index (χ2v) is 0.224. The molecule has 7 heavy (non-hydrogen) atoms. The molecule has 32 valence electrons. The van der Waals surface area contributed by atoms with Gasteiger partial charge in [-0.15, -0.1) is 0 Å². The zero-order chi connectivity index (χ0) is 3.58. The van der Waals surface area contributed by atoms with E-state index in [0.717, 1.165) is 0 Å². The van der Waals surface area contributed by atoms with Crippen molar-refractivity contribution in [3.05, 3.63) is 15.3 Å². The largest absolute Gasteiger partial charge is 1.00 e. The molecule has 0 aromatic carbocycles. The third kappa shape index (κ3) is 52.5. The summed E-state index contributed by atoms with van der Waals surface area (Å²) in [5.74, 6) is 0. The molecule has 0 rings (SSSR count). The van der Waals surface area contributed by atoms with Crippen LogP contribution < -0.4 is 115 Å². The molecule has 0 aliphatic rings. The summed E-state index contributed by atoms with van der Waals surface area (Å²) in [6, 6.07) is 0. The van der Waals surface area contributed by atoms with Gasteiger partial charge in [-0.2, -0.15) is 0 Å². The first-order valence-corrected chi connectivity index (χ1v) is 0.548. The summed E-state index contributed by atoms with van der Waals surface area (Å²) >= 11 is 0. The van der Waals surface area contributed by atoms with Gasteiger partial charge in [0.2, 0.25) is 0 Å². The SMILES string of the molecule is O=[N+]([O-])[O-].[Cl-].[K+].[K+]. The van der Waals surface area contributed by atoms with Crippen molar-refractivity contribution in [1.82, 2.24) is 0 Å². The van der Waals surface area contributed by atoms with Crippen LogP contribution in [0.3, 0.4) is 0 Å². The number of nitrogens with zero attached hydrogens (tertiary/aromatic N) is 1. The summed E-state index contributed by atoms with van der Waals surface area (Å²) in [6.07, 6.45) is 0. The molecule has 0 unspecified atom stereocenters. The predicted molar refractivity (Wildman–Crippen MR) is 10.4 cm³/mol. The molecule has 4 nitrogen and oxygen atoms in total. The van der Waals surface area contributed by atoms with Crippen LogP contribution in [-0.2, 0) is 0 Å². The predicted octanol–water partition coefficient (Wildman–Crippen LogP) is -9.23. The van der Waals surface area contributed by atoms with Gasteiger partial charge in [-0.3, -0.25) is 0 Å². The zero-order valence-corrected chi connectivity index (χ0v) is 11.1. The number of hydrogen-bond donors (Lipinski definition) is 0. The van der Waals surface area contributed by atoms with Crippen LogP contribution in [0.25, 0.3) is 0 Å². The van der Waals surface area contributed by atoms with E-state index in [0.29, 0.717) is 0 Å². The Hall–Kier alpha value is 2.76. The fraction of sp³-hybridized carbons (Fsp3) is 0. The first-order chi connectivity index (χ1) is 1.73. The van der Waals surface area contributed by atoms with Crippen LogP contribution in [-0.4, -0.2) is 5.09 Å². The van der Waals surface area contributed by atoms with E-state index < -0.39 is 5.09 Å². The van der Waals surface area contributed by atoms with Gasteiger partial charge in [-0.05, 0) is 0 Å². The molecule has 0 aliphatic carbocycles. The standard InChI is InChI=1S/ClH.2K.NO3/c;;;2-1(3)4/h1H;;;/q;2*+1;-1/p-1. The topological polar surface area (TPSA) is 66.2 Å². The van der Waals surface area contributed by atoms with Gasteiger partial charge in [-0.1, -0.05) is 0 Å². The van der Waals surface area contributed by atoms with Crippen molar-refractivity contribution < 1.29 is 120 Å². The van der Waals surface area contributed by atoms with E-state index in [-0.39, 0.29) is 115 Å². The molecular formula is ClK2NO3. The van der Waals surface area contributed by atoms with Gasteiger partial charge >= 0.3 is 103 Å². The molecule has 0 bridgehead atoms. The fourth-order valence-corrected chi connectivity index (χ4v) is 0. The Morgan fingerprint density at radius 2 is 1.14 bits per heavy atom. The van der Waals surface area contributed by atoms with Crippen molar-refractivity contribution >= 4 is 0 Å². The van der Waals surface area contributed by atoms with Crippen LogP contribution >= 0.6 is 0 Å². The maximum atomic E-state index is 8.25. The minimum Gasteiger partial charge on any atom is -1.00 e. The molecule has 0 aromatic heterocycles. The molecule has 0 fully saturated rings. The quantitative estimate of drug-likeness (QED) is 0.209. The van der Waals surface area contributed by atoms with Crippen LogP contribution in [0.5, 0.6) is 0 Å². The van der Waals surface area contributed by atoms with E-state index in [4.69, 9.17) is 15.3 Å².